The Morgan fingerprint density at radius 3 is 2.69 bits per heavy atom. The Bertz CT molecular complexity index is 756. The van der Waals surface area contributed by atoms with E-state index in [9.17, 15) is 4.79 Å². The maximum atomic E-state index is 13.1. The second-order valence-electron chi connectivity index (χ2n) is 6.56. The van der Waals surface area contributed by atoms with Gasteiger partial charge in [0.15, 0.2) is 0 Å². The molecule has 0 atom stereocenters. The van der Waals surface area contributed by atoms with Crippen LogP contribution in [0.5, 0.6) is 0 Å². The number of halogens is 1. The van der Waals surface area contributed by atoms with Gasteiger partial charge in [0.1, 0.15) is 0 Å². The number of ether oxygens (including phenoxy) is 1. The number of morpholine rings is 1. The molecule has 0 saturated carbocycles. The van der Waals surface area contributed by atoms with Crippen molar-refractivity contribution in [2.45, 2.75) is 13.5 Å². The van der Waals surface area contributed by atoms with Crippen LogP contribution in [0.25, 0.3) is 0 Å². The highest BCUT2D eigenvalue weighted by Gasteiger charge is 2.21. The zero-order chi connectivity index (χ0) is 18.5. The van der Waals surface area contributed by atoms with E-state index >= 15 is 0 Å². The van der Waals surface area contributed by atoms with Gasteiger partial charge in [0, 0.05) is 33.2 Å². The zero-order valence-electron chi connectivity index (χ0n) is 15.3. The Morgan fingerprint density at radius 2 is 2.04 bits per heavy atom. The first-order chi connectivity index (χ1) is 12.5. The molecule has 26 heavy (non-hydrogen) atoms. The molecule has 1 aliphatic rings. The predicted molar refractivity (Wildman–Crippen MR) is 101 cm³/mol. The van der Waals surface area contributed by atoms with Crippen molar-refractivity contribution in [1.82, 2.24) is 19.6 Å². The number of benzene rings is 1. The van der Waals surface area contributed by atoms with Crippen LogP contribution in [0.15, 0.2) is 30.3 Å². The lowest BCUT2D eigenvalue weighted by Gasteiger charge is -2.30. The number of nitrogens with zero attached hydrogens (tertiary/aromatic N) is 4. The Morgan fingerprint density at radius 1 is 1.31 bits per heavy atom. The molecule has 2 aromatic rings. The van der Waals surface area contributed by atoms with Gasteiger partial charge in [0.2, 0.25) is 0 Å². The Labute approximate surface area is 159 Å². The molecule has 0 N–H and O–H groups in total. The molecule has 1 aromatic carbocycles. The maximum absolute atomic E-state index is 13.1. The minimum Gasteiger partial charge on any atom is -0.379 e. The molecule has 7 heteroatoms. The number of aromatic nitrogens is 2. The Kier molecular flexibility index (Phi) is 6.29. The number of amides is 1. The lowest BCUT2D eigenvalue weighted by atomic mass is 10.2. The third-order valence-corrected chi connectivity index (χ3v) is 4.96. The number of aryl methyl sites for hydroxylation is 2. The van der Waals surface area contributed by atoms with Crippen LogP contribution in [0.3, 0.4) is 0 Å². The predicted octanol–water partition coefficient (Wildman–Crippen LogP) is 2.36. The number of hydrogen-bond donors (Lipinski definition) is 0. The highest BCUT2D eigenvalue weighted by Crippen LogP contribution is 2.19. The SMILES string of the molecule is Cc1cc(CN(CCN2CCOCC2)C(=O)c2ccccc2Cl)n(C)n1. The minimum atomic E-state index is -0.0530. The van der Waals surface area contributed by atoms with Crippen molar-refractivity contribution in [1.29, 1.82) is 0 Å². The molecular weight excluding hydrogens is 352 g/mol. The van der Waals surface area contributed by atoms with Crippen molar-refractivity contribution in [3.63, 3.8) is 0 Å². The maximum Gasteiger partial charge on any atom is 0.255 e. The lowest BCUT2D eigenvalue weighted by Crippen LogP contribution is -2.43. The van der Waals surface area contributed by atoms with E-state index in [1.807, 2.05) is 41.8 Å². The van der Waals surface area contributed by atoms with Crippen molar-refractivity contribution in [2.24, 2.45) is 7.05 Å². The van der Waals surface area contributed by atoms with Crippen LogP contribution in [0.1, 0.15) is 21.7 Å². The van der Waals surface area contributed by atoms with Crippen LogP contribution in [0, 0.1) is 6.92 Å². The van der Waals surface area contributed by atoms with E-state index in [-0.39, 0.29) is 5.91 Å². The standard InChI is InChI=1S/C19H25ClN4O2/c1-15-13-16(22(2)21-15)14-24(8-7-23-9-11-26-12-10-23)19(25)17-5-3-4-6-18(17)20/h3-6,13H,7-12,14H2,1-2H3. The molecular formula is C19H25ClN4O2. The first kappa shape index (κ1) is 18.9. The summed E-state index contributed by atoms with van der Waals surface area (Å²) in [4.78, 5) is 17.3. The third kappa shape index (κ3) is 4.63. The molecule has 0 spiro atoms. The van der Waals surface area contributed by atoms with Crippen LogP contribution < -0.4 is 0 Å². The van der Waals surface area contributed by atoms with Crippen LogP contribution >= 0.6 is 11.6 Å². The first-order valence-electron chi connectivity index (χ1n) is 8.88. The summed E-state index contributed by atoms with van der Waals surface area (Å²) in [7, 11) is 1.91. The summed E-state index contributed by atoms with van der Waals surface area (Å²) in [5.74, 6) is -0.0530. The highest BCUT2D eigenvalue weighted by molar-refractivity contribution is 6.33. The summed E-state index contributed by atoms with van der Waals surface area (Å²) in [6.07, 6.45) is 0. The molecule has 0 radical (unpaired) electrons. The molecule has 3 rings (SSSR count). The van der Waals surface area contributed by atoms with E-state index in [2.05, 4.69) is 10.00 Å². The molecule has 1 aliphatic heterocycles. The smallest absolute Gasteiger partial charge is 0.255 e. The van der Waals surface area contributed by atoms with Crippen LogP contribution in [-0.4, -0.2) is 64.9 Å². The zero-order valence-corrected chi connectivity index (χ0v) is 16.1. The van der Waals surface area contributed by atoms with Crippen LogP contribution in [-0.2, 0) is 18.3 Å². The van der Waals surface area contributed by atoms with Crippen molar-refractivity contribution in [3.8, 4) is 0 Å². The Hall–Kier alpha value is -1.89. The summed E-state index contributed by atoms with van der Waals surface area (Å²) in [6.45, 7) is 7.21. The van der Waals surface area contributed by atoms with E-state index in [4.69, 9.17) is 16.3 Å². The second kappa shape index (κ2) is 8.66. The van der Waals surface area contributed by atoms with Gasteiger partial charge in [-0.3, -0.25) is 14.4 Å². The summed E-state index contributed by atoms with van der Waals surface area (Å²) in [6, 6.07) is 9.22. The average Bonchev–Trinajstić information content (AvgIpc) is 2.96. The molecule has 6 nitrogen and oxygen atoms in total. The van der Waals surface area contributed by atoms with Gasteiger partial charge in [0.25, 0.3) is 5.91 Å². The van der Waals surface area contributed by atoms with Crippen molar-refractivity contribution in [2.75, 3.05) is 39.4 Å². The van der Waals surface area contributed by atoms with Gasteiger partial charge in [-0.25, -0.2) is 0 Å². The average molecular weight is 377 g/mol. The molecule has 0 aliphatic carbocycles. The second-order valence-corrected chi connectivity index (χ2v) is 6.97. The van der Waals surface area contributed by atoms with Gasteiger partial charge < -0.3 is 9.64 Å². The number of carbonyl (C=O) groups excluding carboxylic acids is 1. The normalized spacial score (nSPS) is 15.2. The lowest BCUT2D eigenvalue weighted by molar-refractivity contribution is 0.0319. The van der Waals surface area contributed by atoms with Crippen molar-refractivity contribution in [3.05, 3.63) is 52.3 Å². The van der Waals surface area contributed by atoms with Crippen LogP contribution in [0.2, 0.25) is 5.02 Å². The molecule has 140 valence electrons. The van der Waals surface area contributed by atoms with Crippen LogP contribution in [0.4, 0.5) is 0 Å². The third-order valence-electron chi connectivity index (χ3n) is 4.63. The molecule has 1 fully saturated rings. The summed E-state index contributed by atoms with van der Waals surface area (Å²) in [5, 5.41) is 4.87. The van der Waals surface area contributed by atoms with Gasteiger partial charge in [-0.15, -0.1) is 0 Å². The number of carbonyl (C=O) groups is 1. The minimum absolute atomic E-state index is 0.0530. The fourth-order valence-corrected chi connectivity index (χ4v) is 3.37. The molecule has 1 saturated heterocycles. The van der Waals surface area contributed by atoms with E-state index in [1.54, 1.807) is 12.1 Å². The van der Waals surface area contributed by atoms with Gasteiger partial charge in [-0.05, 0) is 25.1 Å². The molecule has 2 heterocycles. The fraction of sp³-hybridized carbons (Fsp3) is 0.474. The quantitative estimate of drug-likeness (QED) is 0.776. The summed E-state index contributed by atoms with van der Waals surface area (Å²) >= 11 is 6.26. The van der Waals surface area contributed by atoms with E-state index < -0.39 is 0 Å². The number of hydrogen-bond acceptors (Lipinski definition) is 4. The monoisotopic (exact) mass is 376 g/mol. The van der Waals surface area contributed by atoms with Gasteiger partial charge in [-0.2, -0.15) is 5.10 Å². The highest BCUT2D eigenvalue weighted by atomic mass is 35.5. The summed E-state index contributed by atoms with van der Waals surface area (Å²) < 4.78 is 7.23. The van der Waals surface area contributed by atoms with Gasteiger partial charge in [-0.1, -0.05) is 23.7 Å². The first-order valence-corrected chi connectivity index (χ1v) is 9.26. The largest absolute Gasteiger partial charge is 0.379 e. The molecule has 0 unspecified atom stereocenters. The molecule has 0 bridgehead atoms. The van der Waals surface area contributed by atoms with Crippen molar-refractivity contribution >= 4 is 17.5 Å². The van der Waals surface area contributed by atoms with Gasteiger partial charge in [0.05, 0.1) is 41.7 Å². The number of rotatable bonds is 6. The summed E-state index contributed by atoms with van der Waals surface area (Å²) in [5.41, 5.74) is 2.49. The molecule has 1 amide bonds. The van der Waals surface area contributed by atoms with Gasteiger partial charge >= 0.3 is 0 Å². The fourth-order valence-electron chi connectivity index (χ4n) is 3.15. The van der Waals surface area contributed by atoms with E-state index in [1.165, 1.54) is 0 Å². The van der Waals surface area contributed by atoms with Crippen molar-refractivity contribution < 1.29 is 9.53 Å². The van der Waals surface area contributed by atoms with E-state index in [0.717, 1.165) is 44.2 Å². The topological polar surface area (TPSA) is 50.6 Å². The Balaban J connectivity index is 1.77. The molecule has 1 aromatic heterocycles. The van der Waals surface area contributed by atoms with E-state index in [0.29, 0.717) is 23.7 Å².